The Kier molecular flexibility index (Phi) is 8.44. The van der Waals surface area contributed by atoms with E-state index < -0.39 is 10.0 Å². The van der Waals surface area contributed by atoms with E-state index >= 15 is 0 Å². The van der Waals surface area contributed by atoms with Crippen molar-refractivity contribution in [2.24, 2.45) is 0 Å². The summed E-state index contributed by atoms with van der Waals surface area (Å²) >= 11 is 0. The van der Waals surface area contributed by atoms with Crippen molar-refractivity contribution >= 4 is 47.9 Å². The van der Waals surface area contributed by atoms with Crippen LogP contribution in [0.15, 0.2) is 180 Å². The molecule has 1 aliphatic heterocycles. The summed E-state index contributed by atoms with van der Waals surface area (Å²) in [6.07, 6.45) is 11.4. The molecule has 0 amide bonds. The van der Waals surface area contributed by atoms with Crippen LogP contribution in [0.1, 0.15) is 58.2 Å². The third-order valence-electron chi connectivity index (χ3n) is 13.4. The molecular formula is C58H52S. The van der Waals surface area contributed by atoms with Gasteiger partial charge < -0.3 is 0 Å². The first-order valence-corrected chi connectivity index (χ1v) is 23.4. The van der Waals surface area contributed by atoms with E-state index in [0.717, 1.165) is 0 Å². The van der Waals surface area contributed by atoms with Gasteiger partial charge in [0, 0.05) is 15.2 Å². The first-order chi connectivity index (χ1) is 28.3. The molecule has 0 fully saturated rings. The number of rotatable bonds is 5. The predicted octanol–water partition coefficient (Wildman–Crippen LogP) is 16.7. The molecule has 8 aromatic rings. The summed E-state index contributed by atoms with van der Waals surface area (Å²) in [5.74, 6) is 0. The van der Waals surface area contributed by atoms with Gasteiger partial charge in [-0.25, -0.2) is 0 Å². The molecule has 0 atom stereocenters. The fourth-order valence-electron chi connectivity index (χ4n) is 10.3. The third-order valence-corrected chi connectivity index (χ3v) is 16.3. The van der Waals surface area contributed by atoms with Gasteiger partial charge in [-0.2, -0.15) is 10.0 Å². The van der Waals surface area contributed by atoms with E-state index in [2.05, 4.69) is 218 Å². The van der Waals surface area contributed by atoms with Gasteiger partial charge >= 0.3 is 0 Å². The highest BCUT2D eigenvalue weighted by Crippen LogP contribution is 2.68. The van der Waals surface area contributed by atoms with Gasteiger partial charge in [0.2, 0.25) is 0 Å². The van der Waals surface area contributed by atoms with Crippen LogP contribution in [-0.4, -0.2) is 12.5 Å². The minimum Gasteiger partial charge on any atom is -0.192 e. The Morgan fingerprint density at radius 1 is 0.542 bits per heavy atom. The van der Waals surface area contributed by atoms with Crippen LogP contribution in [0.5, 0.6) is 0 Å². The highest BCUT2D eigenvalue weighted by atomic mass is 32.3. The maximum absolute atomic E-state index is 4.26. The van der Waals surface area contributed by atoms with Crippen molar-refractivity contribution < 1.29 is 0 Å². The van der Waals surface area contributed by atoms with Crippen molar-refractivity contribution in [1.82, 2.24) is 0 Å². The molecule has 0 spiro atoms. The number of fused-ring (bicyclic) bond motifs is 7. The molecule has 59 heavy (non-hydrogen) atoms. The van der Waals surface area contributed by atoms with E-state index in [0.29, 0.717) is 0 Å². The molecule has 0 saturated heterocycles. The van der Waals surface area contributed by atoms with E-state index in [9.17, 15) is 0 Å². The molecule has 0 aromatic heterocycles. The summed E-state index contributed by atoms with van der Waals surface area (Å²) in [6, 6.07) is 53.8. The largest absolute Gasteiger partial charge is 0.192 e. The van der Waals surface area contributed by atoms with Crippen molar-refractivity contribution in [3.05, 3.63) is 187 Å². The zero-order chi connectivity index (χ0) is 41.0. The zero-order valence-electron chi connectivity index (χ0n) is 35.6. The van der Waals surface area contributed by atoms with Crippen LogP contribution >= 0.6 is 10.0 Å². The van der Waals surface area contributed by atoms with E-state index in [-0.39, 0.29) is 10.8 Å². The normalized spacial score (nSPS) is 15.9. The number of benzene rings is 8. The molecule has 2 aliphatic rings. The standard InChI is InChI=1S/C58H52S/c1-10-17-42-43-30-26-39(33-52(43)58(6,7)51(42)11-2)38-27-31-46-48(32-38)56(45-22-16-19-36-18-12-13-20-41(36)45)50-35-54-47(44-21-14-15-23-53(44)59(54,8)9)34-49(50)55(46)37-24-28-40(29-25-37)57(3,4)5/h10-35H,2H2,1,3-9H3/b17-10-. The molecule has 0 saturated carbocycles. The van der Waals surface area contributed by atoms with Crippen LogP contribution in [0.2, 0.25) is 0 Å². The molecule has 1 aliphatic carbocycles. The lowest BCUT2D eigenvalue weighted by Gasteiger charge is -2.29. The Hall–Kier alpha value is -5.89. The Bertz CT molecular complexity index is 3130. The Morgan fingerprint density at radius 2 is 1.19 bits per heavy atom. The first kappa shape index (κ1) is 37.4. The lowest BCUT2D eigenvalue weighted by Crippen LogP contribution is -2.16. The van der Waals surface area contributed by atoms with Crippen molar-refractivity contribution in [2.75, 3.05) is 12.5 Å². The molecular weight excluding hydrogens is 729 g/mol. The fraction of sp³-hybridized carbons (Fsp3) is 0.172. The molecule has 290 valence electrons. The van der Waals surface area contributed by atoms with Gasteiger partial charge in [-0.1, -0.05) is 169 Å². The number of allylic oxidation sites excluding steroid dienone is 5. The lowest BCUT2D eigenvalue weighted by atomic mass is 9.80. The molecule has 0 unspecified atom stereocenters. The Morgan fingerprint density at radius 3 is 1.95 bits per heavy atom. The molecule has 8 aromatic carbocycles. The van der Waals surface area contributed by atoms with Crippen LogP contribution in [0.3, 0.4) is 0 Å². The molecule has 0 nitrogen and oxygen atoms in total. The summed E-state index contributed by atoms with van der Waals surface area (Å²) in [4.78, 5) is 2.95. The zero-order valence-corrected chi connectivity index (χ0v) is 36.4. The van der Waals surface area contributed by atoms with Crippen molar-refractivity contribution in [3.8, 4) is 44.5 Å². The van der Waals surface area contributed by atoms with Crippen LogP contribution in [0.25, 0.3) is 82.4 Å². The van der Waals surface area contributed by atoms with Gasteiger partial charge in [0.25, 0.3) is 0 Å². The number of hydrogen-bond acceptors (Lipinski definition) is 0. The summed E-state index contributed by atoms with van der Waals surface area (Å²) < 4.78 is 0. The summed E-state index contributed by atoms with van der Waals surface area (Å²) in [7, 11) is -1.25. The topological polar surface area (TPSA) is 0 Å². The summed E-state index contributed by atoms with van der Waals surface area (Å²) in [5, 5.41) is 7.72. The fourth-order valence-corrected chi connectivity index (χ4v) is 12.8. The lowest BCUT2D eigenvalue weighted by molar-refractivity contribution is 0.590. The van der Waals surface area contributed by atoms with Crippen molar-refractivity contribution in [3.63, 3.8) is 0 Å². The average molecular weight is 781 g/mol. The van der Waals surface area contributed by atoms with E-state index in [1.807, 2.05) is 0 Å². The van der Waals surface area contributed by atoms with Crippen molar-refractivity contribution in [2.45, 2.75) is 62.2 Å². The average Bonchev–Trinajstić information content (AvgIpc) is 3.59. The maximum atomic E-state index is 4.26. The van der Waals surface area contributed by atoms with E-state index in [1.54, 1.807) is 0 Å². The second-order valence-corrected chi connectivity index (χ2v) is 22.0. The van der Waals surface area contributed by atoms with Crippen molar-refractivity contribution in [1.29, 1.82) is 0 Å². The monoisotopic (exact) mass is 780 g/mol. The summed E-state index contributed by atoms with van der Waals surface area (Å²) in [6.45, 7) is 17.9. The van der Waals surface area contributed by atoms with Crippen LogP contribution in [0.4, 0.5) is 0 Å². The quantitative estimate of drug-likeness (QED) is 0.153. The maximum Gasteiger partial charge on any atom is 0.0158 e. The summed E-state index contributed by atoms with van der Waals surface area (Å²) in [5.41, 5.74) is 16.8. The first-order valence-electron chi connectivity index (χ1n) is 21.0. The van der Waals surface area contributed by atoms with Crippen LogP contribution < -0.4 is 0 Å². The minimum absolute atomic E-state index is 0.0641. The smallest absolute Gasteiger partial charge is 0.0158 e. The van der Waals surface area contributed by atoms with Gasteiger partial charge in [-0.05, 0) is 160 Å². The third kappa shape index (κ3) is 5.58. The van der Waals surface area contributed by atoms with Gasteiger partial charge in [-0.15, -0.1) is 0 Å². The SMILES string of the molecule is C=CC1=C(/C=C\C)c2ccc(-c3ccc4c(-c5ccc(C(C)(C)C)cc5)c5cc6c(cc5c(-c5cccc7ccccc57)c4c3)S(C)(C)c3ccccc3-6)cc2C1(C)C. The molecule has 1 heterocycles. The highest BCUT2D eigenvalue weighted by Gasteiger charge is 2.36. The Balaban J connectivity index is 1.33. The second-order valence-electron chi connectivity index (χ2n) is 18.5. The van der Waals surface area contributed by atoms with Crippen LogP contribution in [-0.2, 0) is 10.8 Å². The molecule has 1 heteroatoms. The predicted molar refractivity (Wildman–Crippen MR) is 260 cm³/mol. The molecule has 0 bridgehead atoms. The molecule has 0 radical (unpaired) electrons. The minimum atomic E-state index is -1.25. The van der Waals surface area contributed by atoms with E-state index in [4.69, 9.17) is 0 Å². The van der Waals surface area contributed by atoms with Crippen LogP contribution in [0, 0.1) is 0 Å². The van der Waals surface area contributed by atoms with Gasteiger partial charge in [0.05, 0.1) is 0 Å². The second kappa shape index (κ2) is 13.3. The molecule has 10 rings (SSSR count). The number of hydrogen-bond donors (Lipinski definition) is 0. The Labute approximate surface area is 352 Å². The van der Waals surface area contributed by atoms with Gasteiger partial charge in [0.15, 0.2) is 0 Å². The molecule has 0 N–H and O–H groups in total. The van der Waals surface area contributed by atoms with Gasteiger partial charge in [0.1, 0.15) is 0 Å². The highest BCUT2D eigenvalue weighted by molar-refractivity contribution is 8.33. The van der Waals surface area contributed by atoms with E-state index in [1.165, 1.54) is 114 Å². The van der Waals surface area contributed by atoms with Gasteiger partial charge in [-0.3, -0.25) is 0 Å².